The molecule has 3 aliphatic heterocycles. The second kappa shape index (κ2) is 9.92. The number of benzene rings is 1. The van der Waals surface area contributed by atoms with Gasteiger partial charge in [0.1, 0.15) is 0 Å². The predicted molar refractivity (Wildman–Crippen MR) is 135 cm³/mol. The Morgan fingerprint density at radius 1 is 0.735 bits per heavy atom. The van der Waals surface area contributed by atoms with Gasteiger partial charge in [0.25, 0.3) is 0 Å². The smallest absolute Gasteiger partial charge is 0.229 e. The van der Waals surface area contributed by atoms with Crippen LogP contribution in [0.1, 0.15) is 11.1 Å². The Hall–Kier alpha value is -2.65. The fourth-order valence-electron chi connectivity index (χ4n) is 4.99. The van der Waals surface area contributed by atoms with Gasteiger partial charge in [0.15, 0.2) is 11.6 Å². The van der Waals surface area contributed by atoms with Gasteiger partial charge in [0.05, 0.1) is 13.2 Å². The van der Waals surface area contributed by atoms with Crippen LogP contribution in [0, 0.1) is 19.7 Å². The molecule has 0 saturated carbocycles. The number of aromatic nitrogens is 2. The third kappa shape index (κ3) is 4.63. The number of piperazine rings is 2. The SMILES string of the molecule is Cc1cccc(N2CCN(c3nc(N4CCOCC4)c(F)c(N4CCN(C)CC4)n3)CC2)c1C. The van der Waals surface area contributed by atoms with Gasteiger partial charge in [-0.2, -0.15) is 14.4 Å². The van der Waals surface area contributed by atoms with E-state index in [-0.39, 0.29) is 5.82 Å². The number of rotatable bonds is 4. The van der Waals surface area contributed by atoms with Crippen LogP contribution < -0.4 is 19.6 Å². The average Bonchev–Trinajstić information content (AvgIpc) is 2.87. The lowest BCUT2D eigenvalue weighted by Gasteiger charge is -2.38. The Morgan fingerprint density at radius 3 is 1.94 bits per heavy atom. The van der Waals surface area contributed by atoms with E-state index in [1.54, 1.807) is 0 Å². The Balaban J connectivity index is 1.40. The van der Waals surface area contributed by atoms with Gasteiger partial charge in [-0.1, -0.05) is 12.1 Å². The lowest BCUT2D eigenvalue weighted by atomic mass is 10.1. The average molecular weight is 470 g/mol. The summed E-state index contributed by atoms with van der Waals surface area (Å²) in [6, 6.07) is 6.49. The standard InChI is InChI=1S/C25H36FN7O/c1-19-5-4-6-21(20(19)2)30-11-13-33(14-12-30)25-27-23(31-9-7-29(3)8-10-31)22(26)24(28-25)32-15-17-34-18-16-32/h4-6H,7-18H2,1-3H3. The molecule has 34 heavy (non-hydrogen) atoms. The van der Waals surface area contributed by atoms with E-state index >= 15 is 4.39 Å². The molecule has 0 atom stereocenters. The van der Waals surface area contributed by atoms with Crippen molar-refractivity contribution in [3.63, 3.8) is 0 Å². The summed E-state index contributed by atoms with van der Waals surface area (Å²) >= 11 is 0. The molecule has 5 rings (SSSR count). The van der Waals surface area contributed by atoms with Gasteiger partial charge in [0.2, 0.25) is 11.8 Å². The van der Waals surface area contributed by atoms with E-state index in [1.807, 2.05) is 4.90 Å². The van der Waals surface area contributed by atoms with Crippen LogP contribution in [0.25, 0.3) is 0 Å². The normalized spacial score (nSPS) is 20.2. The van der Waals surface area contributed by atoms with E-state index in [0.29, 0.717) is 43.9 Å². The van der Waals surface area contributed by atoms with E-state index in [1.165, 1.54) is 16.8 Å². The first kappa shape index (κ1) is 23.1. The first-order chi connectivity index (χ1) is 16.5. The lowest BCUT2D eigenvalue weighted by molar-refractivity contribution is 0.122. The van der Waals surface area contributed by atoms with Crippen molar-refractivity contribution in [2.24, 2.45) is 0 Å². The van der Waals surface area contributed by atoms with E-state index in [2.05, 4.69) is 58.7 Å². The summed E-state index contributed by atoms with van der Waals surface area (Å²) in [4.78, 5) is 20.6. The van der Waals surface area contributed by atoms with Gasteiger partial charge < -0.3 is 29.2 Å². The zero-order chi connectivity index (χ0) is 23.7. The van der Waals surface area contributed by atoms with Crippen molar-refractivity contribution in [2.45, 2.75) is 13.8 Å². The maximum Gasteiger partial charge on any atom is 0.229 e. The summed E-state index contributed by atoms with van der Waals surface area (Å²) in [5.41, 5.74) is 3.95. The van der Waals surface area contributed by atoms with Gasteiger partial charge in [0, 0.05) is 71.1 Å². The molecular weight excluding hydrogens is 433 g/mol. The first-order valence-electron chi connectivity index (χ1n) is 12.4. The van der Waals surface area contributed by atoms with Crippen molar-refractivity contribution >= 4 is 23.3 Å². The van der Waals surface area contributed by atoms with Crippen LogP contribution in [0.3, 0.4) is 0 Å². The molecule has 0 bridgehead atoms. The summed E-state index contributed by atoms with van der Waals surface area (Å²) in [6.07, 6.45) is 0. The second-order valence-corrected chi connectivity index (χ2v) is 9.57. The Bertz CT molecular complexity index is 997. The number of hydrogen-bond acceptors (Lipinski definition) is 8. The molecule has 3 saturated heterocycles. The predicted octanol–water partition coefficient (Wildman–Crippen LogP) is 2.15. The van der Waals surface area contributed by atoms with Crippen LogP contribution in [-0.2, 0) is 4.74 Å². The van der Waals surface area contributed by atoms with Crippen LogP contribution >= 0.6 is 0 Å². The number of morpholine rings is 1. The molecule has 4 heterocycles. The number of ether oxygens (including phenoxy) is 1. The van der Waals surface area contributed by atoms with Crippen molar-refractivity contribution in [3.8, 4) is 0 Å². The van der Waals surface area contributed by atoms with Gasteiger partial charge in [-0.05, 0) is 38.1 Å². The van der Waals surface area contributed by atoms with E-state index < -0.39 is 0 Å². The maximum absolute atomic E-state index is 15.8. The summed E-state index contributed by atoms with van der Waals surface area (Å²) < 4.78 is 21.3. The van der Waals surface area contributed by atoms with E-state index in [0.717, 1.165) is 52.4 Å². The molecule has 0 aliphatic carbocycles. The van der Waals surface area contributed by atoms with E-state index in [9.17, 15) is 0 Å². The van der Waals surface area contributed by atoms with Crippen LogP contribution in [0.15, 0.2) is 18.2 Å². The maximum atomic E-state index is 15.8. The molecule has 0 radical (unpaired) electrons. The highest BCUT2D eigenvalue weighted by Gasteiger charge is 2.29. The molecular formula is C25H36FN7O. The molecule has 2 aromatic rings. The molecule has 0 spiro atoms. The molecule has 3 aliphatic rings. The molecule has 1 aromatic carbocycles. The molecule has 0 unspecified atom stereocenters. The van der Waals surface area contributed by atoms with Gasteiger partial charge in [-0.3, -0.25) is 0 Å². The largest absolute Gasteiger partial charge is 0.378 e. The monoisotopic (exact) mass is 469 g/mol. The number of anilines is 4. The second-order valence-electron chi connectivity index (χ2n) is 9.57. The number of nitrogens with zero attached hydrogens (tertiary/aromatic N) is 7. The molecule has 3 fully saturated rings. The van der Waals surface area contributed by atoms with Crippen molar-refractivity contribution in [1.82, 2.24) is 14.9 Å². The fraction of sp³-hybridized carbons (Fsp3) is 0.600. The summed E-state index contributed by atoms with van der Waals surface area (Å²) in [5.74, 6) is 1.19. The zero-order valence-electron chi connectivity index (χ0n) is 20.6. The van der Waals surface area contributed by atoms with Gasteiger partial charge in [-0.15, -0.1) is 0 Å². The highest BCUT2D eigenvalue weighted by molar-refractivity contribution is 5.60. The van der Waals surface area contributed by atoms with Crippen LogP contribution in [-0.4, -0.2) is 101 Å². The van der Waals surface area contributed by atoms with Gasteiger partial charge >= 0.3 is 0 Å². The minimum atomic E-state index is -0.302. The minimum absolute atomic E-state index is 0.302. The van der Waals surface area contributed by atoms with Gasteiger partial charge in [-0.25, -0.2) is 0 Å². The van der Waals surface area contributed by atoms with Crippen molar-refractivity contribution in [1.29, 1.82) is 0 Å². The molecule has 0 N–H and O–H groups in total. The van der Waals surface area contributed by atoms with Crippen molar-refractivity contribution in [2.75, 3.05) is 105 Å². The molecule has 1 aromatic heterocycles. The summed E-state index contributed by atoms with van der Waals surface area (Å²) in [5, 5.41) is 0. The topological polar surface area (TPSA) is 51.2 Å². The first-order valence-corrected chi connectivity index (χ1v) is 12.4. The quantitative estimate of drug-likeness (QED) is 0.675. The Kier molecular flexibility index (Phi) is 6.74. The fourth-order valence-corrected chi connectivity index (χ4v) is 4.99. The summed E-state index contributed by atoms with van der Waals surface area (Å²) in [7, 11) is 2.10. The van der Waals surface area contributed by atoms with Crippen molar-refractivity contribution in [3.05, 3.63) is 35.1 Å². The highest BCUT2D eigenvalue weighted by Crippen LogP contribution is 2.31. The van der Waals surface area contributed by atoms with E-state index in [4.69, 9.17) is 14.7 Å². The third-order valence-electron chi connectivity index (χ3n) is 7.40. The highest BCUT2D eigenvalue weighted by atomic mass is 19.1. The lowest BCUT2D eigenvalue weighted by Crippen LogP contribution is -2.48. The summed E-state index contributed by atoms with van der Waals surface area (Å²) in [6.45, 7) is 13.6. The minimum Gasteiger partial charge on any atom is -0.378 e. The van der Waals surface area contributed by atoms with Crippen LogP contribution in [0.4, 0.5) is 27.7 Å². The Morgan fingerprint density at radius 2 is 1.29 bits per heavy atom. The molecule has 0 amide bonds. The van der Waals surface area contributed by atoms with Crippen LogP contribution in [0.5, 0.6) is 0 Å². The Labute approximate surface area is 201 Å². The third-order valence-corrected chi connectivity index (χ3v) is 7.40. The number of halogens is 1. The molecule has 184 valence electrons. The molecule has 8 nitrogen and oxygen atoms in total. The number of likely N-dealkylation sites (N-methyl/N-ethyl adjacent to an activating group) is 1. The van der Waals surface area contributed by atoms with Crippen LogP contribution in [0.2, 0.25) is 0 Å². The number of hydrogen-bond donors (Lipinski definition) is 0. The van der Waals surface area contributed by atoms with Crippen molar-refractivity contribution < 1.29 is 9.13 Å². The molecule has 9 heteroatoms. The zero-order valence-corrected chi connectivity index (χ0v) is 20.6. The number of aryl methyl sites for hydroxylation is 1.